The van der Waals surface area contributed by atoms with Gasteiger partial charge in [0.05, 0.1) is 0 Å². The lowest BCUT2D eigenvalue weighted by Crippen LogP contribution is -1.82. The molecule has 0 radical (unpaired) electrons. The summed E-state index contributed by atoms with van der Waals surface area (Å²) < 4.78 is 4.25. The van der Waals surface area contributed by atoms with E-state index in [1.165, 1.54) is 0 Å². The Balaban J connectivity index is 0. The van der Waals surface area contributed by atoms with Crippen LogP contribution in [0, 0.1) is 6.92 Å². The van der Waals surface area contributed by atoms with E-state index in [0.717, 1.165) is 11.8 Å². The summed E-state index contributed by atoms with van der Waals surface area (Å²) in [6, 6.07) is 1.79. The molecule has 0 N–H and O–H groups in total. The van der Waals surface area contributed by atoms with E-state index in [0.29, 0.717) is 5.56 Å². The summed E-state index contributed by atoms with van der Waals surface area (Å²) in [5, 5.41) is 0. The highest BCUT2D eigenvalue weighted by Gasteiger charge is 1.87. The predicted molar refractivity (Wildman–Crippen MR) is 58.6 cm³/mol. The summed E-state index contributed by atoms with van der Waals surface area (Å²) >= 11 is 0. The molecule has 0 saturated carbocycles. The summed E-state index contributed by atoms with van der Waals surface area (Å²) in [7, 11) is 3.25. The molecule has 0 atom stereocenters. The Morgan fingerprint density at radius 1 is 1.29 bits per heavy atom. The molecular formula is C11H19NO2. The molecule has 0 fully saturated rings. The maximum Gasteiger partial charge on any atom is 0.151 e. The standard InChI is InChI=1S/C7H7NO.C2H6O.C2H6/c1-6-2-7(5-9)4-8-3-6;1-3-2;1-2/h2-5H,1H3;1-2H3;1-2H3. The molecule has 0 bridgehead atoms. The van der Waals surface area contributed by atoms with Crippen molar-refractivity contribution in [3.8, 4) is 0 Å². The maximum atomic E-state index is 10.1. The van der Waals surface area contributed by atoms with Crippen molar-refractivity contribution < 1.29 is 9.53 Å². The van der Waals surface area contributed by atoms with Gasteiger partial charge in [0.2, 0.25) is 0 Å². The molecule has 14 heavy (non-hydrogen) atoms. The number of hydrogen-bond acceptors (Lipinski definition) is 3. The largest absolute Gasteiger partial charge is 0.388 e. The van der Waals surface area contributed by atoms with Crippen molar-refractivity contribution in [1.29, 1.82) is 0 Å². The second-order valence-corrected chi connectivity index (χ2v) is 2.32. The zero-order chi connectivity index (χ0) is 11.4. The van der Waals surface area contributed by atoms with Crippen molar-refractivity contribution in [2.24, 2.45) is 0 Å². The number of aldehydes is 1. The van der Waals surface area contributed by atoms with E-state index in [2.05, 4.69) is 9.72 Å². The average Bonchev–Trinajstić information content (AvgIpc) is 2.22. The van der Waals surface area contributed by atoms with Crippen molar-refractivity contribution in [2.45, 2.75) is 20.8 Å². The first-order valence-corrected chi connectivity index (χ1v) is 4.51. The first-order chi connectivity index (χ1) is 6.74. The SMILES string of the molecule is CC.COC.Cc1cncc(C=O)c1. The molecule has 3 nitrogen and oxygen atoms in total. The number of aryl methyl sites for hydroxylation is 1. The van der Waals surface area contributed by atoms with Crippen molar-refractivity contribution in [2.75, 3.05) is 14.2 Å². The number of rotatable bonds is 1. The van der Waals surface area contributed by atoms with Crippen LogP contribution in [0.4, 0.5) is 0 Å². The molecule has 0 amide bonds. The second kappa shape index (κ2) is 11.8. The third-order valence-electron chi connectivity index (χ3n) is 1.03. The summed E-state index contributed by atoms with van der Waals surface area (Å²) in [6.07, 6.45) is 4.05. The quantitative estimate of drug-likeness (QED) is 0.649. The van der Waals surface area contributed by atoms with Gasteiger partial charge in [0.1, 0.15) is 0 Å². The van der Waals surface area contributed by atoms with E-state index in [9.17, 15) is 4.79 Å². The van der Waals surface area contributed by atoms with Gasteiger partial charge in [-0.3, -0.25) is 9.78 Å². The Hall–Kier alpha value is -1.22. The summed E-state index contributed by atoms with van der Waals surface area (Å²) in [5.41, 5.74) is 1.65. The van der Waals surface area contributed by atoms with Crippen molar-refractivity contribution in [3.05, 3.63) is 29.6 Å². The van der Waals surface area contributed by atoms with Crippen LogP contribution < -0.4 is 0 Å². The van der Waals surface area contributed by atoms with Crippen molar-refractivity contribution >= 4 is 6.29 Å². The van der Waals surface area contributed by atoms with E-state index >= 15 is 0 Å². The van der Waals surface area contributed by atoms with E-state index in [4.69, 9.17) is 0 Å². The molecule has 3 heteroatoms. The van der Waals surface area contributed by atoms with Crippen LogP contribution in [0.5, 0.6) is 0 Å². The number of methoxy groups -OCH3 is 1. The van der Waals surface area contributed by atoms with E-state index < -0.39 is 0 Å². The number of pyridine rings is 1. The Morgan fingerprint density at radius 2 is 1.79 bits per heavy atom. The molecule has 1 heterocycles. The van der Waals surface area contributed by atoms with Gasteiger partial charge in [0.15, 0.2) is 6.29 Å². The number of carbonyl (C=O) groups excluding carboxylic acids is 1. The van der Waals surface area contributed by atoms with Gasteiger partial charge in [-0.1, -0.05) is 13.8 Å². The Labute approximate surface area is 86.1 Å². The number of ether oxygens (including phenoxy) is 1. The van der Waals surface area contributed by atoms with Gasteiger partial charge in [-0.25, -0.2) is 0 Å². The highest BCUT2D eigenvalue weighted by molar-refractivity contribution is 5.74. The summed E-state index contributed by atoms with van der Waals surface area (Å²) in [4.78, 5) is 13.9. The van der Waals surface area contributed by atoms with E-state index in [1.54, 1.807) is 32.7 Å². The van der Waals surface area contributed by atoms with Crippen LogP contribution in [0.15, 0.2) is 18.5 Å². The van der Waals surface area contributed by atoms with Gasteiger partial charge in [0, 0.05) is 32.2 Å². The molecule has 0 saturated heterocycles. The first-order valence-electron chi connectivity index (χ1n) is 4.51. The zero-order valence-corrected chi connectivity index (χ0v) is 9.57. The minimum absolute atomic E-state index is 0.634. The number of aromatic nitrogens is 1. The molecule has 80 valence electrons. The van der Waals surface area contributed by atoms with Crippen molar-refractivity contribution in [1.82, 2.24) is 4.98 Å². The number of hydrogen-bond donors (Lipinski definition) is 0. The van der Waals surface area contributed by atoms with Gasteiger partial charge in [-0.05, 0) is 18.6 Å². The van der Waals surface area contributed by atoms with Crippen LogP contribution >= 0.6 is 0 Å². The third kappa shape index (κ3) is 8.87. The Morgan fingerprint density at radius 3 is 2.07 bits per heavy atom. The Kier molecular flexibility index (Phi) is 12.8. The van der Waals surface area contributed by atoms with E-state index in [-0.39, 0.29) is 0 Å². The topological polar surface area (TPSA) is 39.2 Å². The fraction of sp³-hybridized carbons (Fsp3) is 0.455. The summed E-state index contributed by atoms with van der Waals surface area (Å²) in [5.74, 6) is 0. The van der Waals surface area contributed by atoms with E-state index in [1.807, 2.05) is 20.8 Å². The van der Waals surface area contributed by atoms with Crippen LogP contribution in [-0.4, -0.2) is 25.5 Å². The lowest BCUT2D eigenvalue weighted by molar-refractivity contribution is 0.112. The van der Waals surface area contributed by atoms with Crippen LogP contribution in [0.25, 0.3) is 0 Å². The normalized spacial score (nSPS) is 7.50. The van der Waals surface area contributed by atoms with Gasteiger partial charge < -0.3 is 4.74 Å². The monoisotopic (exact) mass is 197 g/mol. The highest BCUT2D eigenvalue weighted by Crippen LogP contribution is 1.96. The minimum Gasteiger partial charge on any atom is -0.388 e. The molecule has 1 rings (SSSR count). The molecule has 0 aliphatic heterocycles. The molecule has 1 aromatic heterocycles. The molecule has 0 aromatic carbocycles. The molecule has 0 unspecified atom stereocenters. The van der Waals surface area contributed by atoms with Crippen LogP contribution in [0.2, 0.25) is 0 Å². The third-order valence-corrected chi connectivity index (χ3v) is 1.03. The maximum absolute atomic E-state index is 10.1. The smallest absolute Gasteiger partial charge is 0.151 e. The second-order valence-electron chi connectivity index (χ2n) is 2.32. The zero-order valence-electron chi connectivity index (χ0n) is 9.57. The first kappa shape index (κ1) is 15.3. The van der Waals surface area contributed by atoms with Gasteiger partial charge >= 0.3 is 0 Å². The average molecular weight is 197 g/mol. The molecule has 0 aliphatic rings. The minimum atomic E-state index is 0.634. The molecule has 0 aliphatic carbocycles. The summed E-state index contributed by atoms with van der Waals surface area (Å²) in [6.45, 7) is 5.90. The Bertz CT molecular complexity index is 236. The fourth-order valence-corrected chi connectivity index (χ4v) is 0.643. The number of carbonyl (C=O) groups is 1. The predicted octanol–water partition coefficient (Wildman–Crippen LogP) is 2.49. The lowest BCUT2D eigenvalue weighted by Gasteiger charge is -1.89. The highest BCUT2D eigenvalue weighted by atomic mass is 16.4. The van der Waals surface area contributed by atoms with Crippen LogP contribution in [0.1, 0.15) is 29.8 Å². The lowest BCUT2D eigenvalue weighted by atomic mass is 10.2. The van der Waals surface area contributed by atoms with Gasteiger partial charge in [-0.15, -0.1) is 0 Å². The van der Waals surface area contributed by atoms with Crippen molar-refractivity contribution in [3.63, 3.8) is 0 Å². The molecule has 1 aromatic rings. The molecular weight excluding hydrogens is 178 g/mol. The van der Waals surface area contributed by atoms with Crippen LogP contribution in [0.3, 0.4) is 0 Å². The number of nitrogens with zero attached hydrogens (tertiary/aromatic N) is 1. The molecule has 0 spiro atoms. The fourth-order valence-electron chi connectivity index (χ4n) is 0.643. The van der Waals surface area contributed by atoms with Gasteiger partial charge in [-0.2, -0.15) is 0 Å². The van der Waals surface area contributed by atoms with Gasteiger partial charge in [0.25, 0.3) is 0 Å². The van der Waals surface area contributed by atoms with Crippen LogP contribution in [-0.2, 0) is 4.74 Å².